The highest BCUT2D eigenvalue weighted by atomic mass is 35.5. The van der Waals surface area contributed by atoms with Crippen molar-refractivity contribution in [1.29, 1.82) is 0 Å². The first-order valence-electron chi connectivity index (χ1n) is 6.34. The van der Waals surface area contributed by atoms with Crippen LogP contribution in [0.1, 0.15) is 38.2 Å². The Morgan fingerprint density at radius 1 is 1.39 bits per heavy atom. The third kappa shape index (κ3) is 3.15. The lowest BCUT2D eigenvalue weighted by Gasteiger charge is -2.30. The van der Waals surface area contributed by atoms with Crippen molar-refractivity contribution >= 4 is 28.8 Å². The molecule has 0 amide bonds. The largest absolute Gasteiger partial charge is 0.489 e. The van der Waals surface area contributed by atoms with Gasteiger partial charge in [-0.1, -0.05) is 37.2 Å². The molecule has 2 unspecified atom stereocenters. The van der Waals surface area contributed by atoms with Crippen LogP contribution in [0.2, 0.25) is 5.02 Å². The summed E-state index contributed by atoms with van der Waals surface area (Å²) < 4.78 is 6.09. The van der Waals surface area contributed by atoms with Gasteiger partial charge in [-0.2, -0.15) is 0 Å². The van der Waals surface area contributed by atoms with Crippen molar-refractivity contribution < 1.29 is 4.74 Å². The summed E-state index contributed by atoms with van der Waals surface area (Å²) in [7, 11) is 0. The molecule has 0 spiro atoms. The maximum absolute atomic E-state index is 6.09. The van der Waals surface area contributed by atoms with Crippen molar-refractivity contribution in [2.75, 3.05) is 0 Å². The Bertz CT molecular complexity index is 449. The van der Waals surface area contributed by atoms with E-state index in [0.717, 1.165) is 17.7 Å². The number of hydrogen-bond donors (Lipinski definition) is 1. The third-order valence-corrected chi connectivity index (χ3v) is 3.97. The number of rotatable bonds is 3. The van der Waals surface area contributed by atoms with Gasteiger partial charge in [-0.3, -0.25) is 0 Å². The average molecular weight is 284 g/mol. The van der Waals surface area contributed by atoms with E-state index in [4.69, 9.17) is 34.3 Å². The molecule has 0 bridgehead atoms. The third-order valence-electron chi connectivity index (χ3n) is 3.52. The van der Waals surface area contributed by atoms with E-state index >= 15 is 0 Å². The van der Waals surface area contributed by atoms with E-state index in [1.165, 1.54) is 19.3 Å². The molecule has 1 fully saturated rings. The van der Waals surface area contributed by atoms with Crippen molar-refractivity contribution in [2.24, 2.45) is 11.7 Å². The average Bonchev–Trinajstić information content (AvgIpc) is 2.34. The van der Waals surface area contributed by atoms with Gasteiger partial charge >= 0.3 is 0 Å². The fourth-order valence-electron chi connectivity index (χ4n) is 2.42. The Morgan fingerprint density at radius 2 is 2.11 bits per heavy atom. The number of halogens is 1. The molecular formula is C14H18ClNOS. The SMILES string of the molecule is CC1CCCCC1Oc1ccc(Cl)cc1C(N)=S. The minimum absolute atomic E-state index is 0.257. The van der Waals surface area contributed by atoms with Gasteiger partial charge in [0.05, 0.1) is 5.56 Å². The summed E-state index contributed by atoms with van der Waals surface area (Å²) in [6, 6.07) is 5.44. The van der Waals surface area contributed by atoms with Gasteiger partial charge in [-0.15, -0.1) is 0 Å². The van der Waals surface area contributed by atoms with Crippen LogP contribution in [-0.4, -0.2) is 11.1 Å². The standard InChI is InChI=1S/C14H18ClNOS/c1-9-4-2-3-5-12(9)17-13-7-6-10(15)8-11(13)14(16)18/h6-9,12H,2-5H2,1H3,(H2,16,18). The van der Waals surface area contributed by atoms with Crippen LogP contribution in [0.25, 0.3) is 0 Å². The Kier molecular flexibility index (Phi) is 4.46. The van der Waals surface area contributed by atoms with Crippen LogP contribution in [-0.2, 0) is 0 Å². The molecule has 98 valence electrons. The summed E-state index contributed by atoms with van der Waals surface area (Å²) in [5, 5.41) is 0.627. The topological polar surface area (TPSA) is 35.2 Å². The van der Waals surface area contributed by atoms with Crippen LogP contribution in [0.5, 0.6) is 5.75 Å². The predicted molar refractivity (Wildman–Crippen MR) is 79.4 cm³/mol. The van der Waals surface area contributed by atoms with Crippen LogP contribution in [0.4, 0.5) is 0 Å². The molecule has 0 aliphatic heterocycles. The Labute approximate surface area is 118 Å². The molecule has 1 aliphatic carbocycles. The van der Waals surface area contributed by atoms with Crippen LogP contribution < -0.4 is 10.5 Å². The molecular weight excluding hydrogens is 266 g/mol. The van der Waals surface area contributed by atoms with Gasteiger partial charge in [0.1, 0.15) is 16.8 Å². The van der Waals surface area contributed by atoms with Gasteiger partial charge in [-0.05, 0) is 43.4 Å². The quantitative estimate of drug-likeness (QED) is 0.854. The van der Waals surface area contributed by atoms with E-state index < -0.39 is 0 Å². The Hall–Kier alpha value is -0.800. The molecule has 4 heteroatoms. The smallest absolute Gasteiger partial charge is 0.130 e. The molecule has 2 nitrogen and oxygen atoms in total. The number of thiocarbonyl (C=S) groups is 1. The van der Waals surface area contributed by atoms with Crippen LogP contribution in [0.3, 0.4) is 0 Å². The molecule has 0 aromatic heterocycles. The Morgan fingerprint density at radius 3 is 2.78 bits per heavy atom. The number of ether oxygens (including phenoxy) is 1. The van der Waals surface area contributed by atoms with E-state index in [1.807, 2.05) is 12.1 Å². The summed E-state index contributed by atoms with van der Waals surface area (Å²) in [6.45, 7) is 2.24. The molecule has 0 heterocycles. The van der Waals surface area contributed by atoms with E-state index in [0.29, 0.717) is 15.9 Å². The molecule has 1 aromatic carbocycles. The number of benzene rings is 1. The van der Waals surface area contributed by atoms with Crippen molar-refractivity contribution in [1.82, 2.24) is 0 Å². The van der Waals surface area contributed by atoms with Gasteiger partial charge in [0.2, 0.25) is 0 Å². The van der Waals surface area contributed by atoms with Crippen molar-refractivity contribution in [3.8, 4) is 5.75 Å². The summed E-state index contributed by atoms with van der Waals surface area (Å²) in [6.07, 6.45) is 5.10. The number of hydrogen-bond acceptors (Lipinski definition) is 2. The minimum Gasteiger partial charge on any atom is -0.489 e. The maximum Gasteiger partial charge on any atom is 0.130 e. The fraction of sp³-hybridized carbons (Fsp3) is 0.500. The molecule has 1 aromatic rings. The summed E-state index contributed by atoms with van der Waals surface area (Å²) in [4.78, 5) is 0.330. The lowest BCUT2D eigenvalue weighted by atomic mass is 9.88. The molecule has 2 N–H and O–H groups in total. The van der Waals surface area contributed by atoms with Gasteiger partial charge in [0.25, 0.3) is 0 Å². The van der Waals surface area contributed by atoms with Crippen LogP contribution in [0, 0.1) is 5.92 Å². The maximum atomic E-state index is 6.09. The van der Waals surface area contributed by atoms with E-state index in [9.17, 15) is 0 Å². The highest BCUT2D eigenvalue weighted by Crippen LogP contribution is 2.30. The minimum atomic E-state index is 0.257. The van der Waals surface area contributed by atoms with Gasteiger partial charge in [0, 0.05) is 5.02 Å². The molecule has 18 heavy (non-hydrogen) atoms. The lowest BCUT2D eigenvalue weighted by molar-refractivity contribution is 0.102. The normalized spacial score (nSPS) is 23.7. The second-order valence-corrected chi connectivity index (χ2v) is 5.80. The highest BCUT2D eigenvalue weighted by Gasteiger charge is 2.24. The van der Waals surface area contributed by atoms with Gasteiger partial charge in [-0.25, -0.2) is 0 Å². The highest BCUT2D eigenvalue weighted by molar-refractivity contribution is 7.80. The molecule has 1 aliphatic rings. The lowest BCUT2D eigenvalue weighted by Crippen LogP contribution is -2.29. The van der Waals surface area contributed by atoms with Crippen molar-refractivity contribution in [3.63, 3.8) is 0 Å². The summed E-state index contributed by atoms with van der Waals surface area (Å²) in [5.41, 5.74) is 6.45. The molecule has 0 saturated heterocycles. The van der Waals surface area contributed by atoms with Crippen LogP contribution >= 0.6 is 23.8 Å². The zero-order chi connectivity index (χ0) is 13.1. The van der Waals surface area contributed by atoms with E-state index in [1.54, 1.807) is 6.07 Å². The van der Waals surface area contributed by atoms with Crippen LogP contribution in [0.15, 0.2) is 18.2 Å². The fourth-order valence-corrected chi connectivity index (χ4v) is 2.75. The molecule has 1 saturated carbocycles. The molecule has 2 atom stereocenters. The summed E-state index contributed by atoms with van der Waals surface area (Å²) >= 11 is 11.0. The van der Waals surface area contributed by atoms with E-state index in [2.05, 4.69) is 6.92 Å². The van der Waals surface area contributed by atoms with Gasteiger partial charge < -0.3 is 10.5 Å². The molecule has 0 radical (unpaired) electrons. The monoisotopic (exact) mass is 283 g/mol. The second-order valence-electron chi connectivity index (χ2n) is 4.92. The molecule has 2 rings (SSSR count). The van der Waals surface area contributed by atoms with E-state index in [-0.39, 0.29) is 6.10 Å². The first kappa shape index (κ1) is 13.6. The first-order valence-corrected chi connectivity index (χ1v) is 7.12. The predicted octanol–water partition coefficient (Wildman–Crippen LogP) is 3.93. The summed E-state index contributed by atoms with van der Waals surface area (Å²) in [5.74, 6) is 1.33. The second kappa shape index (κ2) is 5.89. The first-order chi connectivity index (χ1) is 8.58. The Balaban J connectivity index is 2.20. The van der Waals surface area contributed by atoms with Gasteiger partial charge in [0.15, 0.2) is 0 Å². The zero-order valence-electron chi connectivity index (χ0n) is 10.5. The number of nitrogens with two attached hydrogens (primary N) is 1. The van der Waals surface area contributed by atoms with Crippen molar-refractivity contribution in [3.05, 3.63) is 28.8 Å². The zero-order valence-corrected chi connectivity index (χ0v) is 12.1. The van der Waals surface area contributed by atoms with Crippen molar-refractivity contribution in [2.45, 2.75) is 38.7 Å².